The molecule has 2 aliphatic rings. The molecule has 3 heteroatoms. The van der Waals surface area contributed by atoms with Gasteiger partial charge in [-0.15, -0.1) is 0 Å². The smallest absolute Gasteiger partial charge is 0.0888 e. The van der Waals surface area contributed by atoms with Gasteiger partial charge in [0.15, 0.2) is 0 Å². The summed E-state index contributed by atoms with van der Waals surface area (Å²) in [6, 6.07) is 8.92. The van der Waals surface area contributed by atoms with Crippen LogP contribution in [0.5, 0.6) is 0 Å². The average Bonchev–Trinajstić information content (AvgIpc) is 3.24. The average molecular weight is 539 g/mol. The van der Waals surface area contributed by atoms with Crippen LogP contribution in [0.2, 0.25) is 0 Å². The molecular weight excluding hydrogens is 507 g/mol. The molecular formula is C24H32N2Os. The van der Waals surface area contributed by atoms with Crippen molar-refractivity contribution < 1.29 is 19.8 Å². The van der Waals surface area contributed by atoms with Crippen LogP contribution in [-0.4, -0.2) is 9.97 Å². The predicted molar refractivity (Wildman–Crippen MR) is 108 cm³/mol. The van der Waals surface area contributed by atoms with Crippen molar-refractivity contribution in [1.82, 2.24) is 9.97 Å². The number of hydrogen-bond donors (Lipinski definition) is 0. The van der Waals surface area contributed by atoms with E-state index >= 15 is 0 Å². The SMILES string of the molecule is CC1(Cc2ccnc(-c3cc(CC4(C)CCCC4)ccn3)c2)CCCC1.[Os]. The van der Waals surface area contributed by atoms with E-state index in [1.54, 1.807) is 0 Å². The number of nitrogens with zero attached hydrogens (tertiary/aromatic N) is 2. The summed E-state index contributed by atoms with van der Waals surface area (Å²) in [6.45, 7) is 4.89. The van der Waals surface area contributed by atoms with Crippen molar-refractivity contribution >= 4 is 0 Å². The van der Waals surface area contributed by atoms with Crippen LogP contribution in [0.4, 0.5) is 0 Å². The maximum absolute atomic E-state index is 4.63. The Hall–Kier alpha value is -1.06. The molecule has 0 radical (unpaired) electrons. The van der Waals surface area contributed by atoms with E-state index in [9.17, 15) is 0 Å². The molecule has 0 aliphatic heterocycles. The second-order valence-electron chi connectivity index (χ2n) is 9.49. The molecule has 0 atom stereocenters. The van der Waals surface area contributed by atoms with Crippen molar-refractivity contribution in [2.24, 2.45) is 10.8 Å². The van der Waals surface area contributed by atoms with E-state index < -0.39 is 0 Å². The summed E-state index contributed by atoms with van der Waals surface area (Å²) in [6.07, 6.45) is 17.2. The molecule has 0 saturated heterocycles. The molecule has 2 heterocycles. The summed E-state index contributed by atoms with van der Waals surface area (Å²) in [5.74, 6) is 0. The van der Waals surface area contributed by atoms with Crippen LogP contribution in [0.3, 0.4) is 0 Å². The van der Waals surface area contributed by atoms with E-state index in [0.29, 0.717) is 10.8 Å². The second kappa shape index (κ2) is 8.53. The largest absolute Gasteiger partial charge is 0.255 e. The number of hydrogen-bond acceptors (Lipinski definition) is 2. The maximum Gasteiger partial charge on any atom is 0.0888 e. The molecule has 27 heavy (non-hydrogen) atoms. The quantitative estimate of drug-likeness (QED) is 0.441. The fourth-order valence-corrected chi connectivity index (χ4v) is 5.24. The summed E-state index contributed by atoms with van der Waals surface area (Å²) >= 11 is 0. The summed E-state index contributed by atoms with van der Waals surface area (Å²) in [5.41, 5.74) is 5.84. The third kappa shape index (κ3) is 5.06. The Kier molecular flexibility index (Phi) is 6.53. The van der Waals surface area contributed by atoms with E-state index in [0.717, 1.165) is 11.4 Å². The number of rotatable bonds is 5. The maximum atomic E-state index is 4.63. The Morgan fingerprint density at radius 3 is 1.44 bits per heavy atom. The van der Waals surface area contributed by atoms with Crippen LogP contribution in [0, 0.1) is 10.8 Å². The molecule has 0 spiro atoms. The molecule has 0 N–H and O–H groups in total. The third-order valence-corrected chi connectivity index (χ3v) is 6.79. The van der Waals surface area contributed by atoms with Crippen molar-refractivity contribution in [3.8, 4) is 11.4 Å². The molecule has 2 nitrogen and oxygen atoms in total. The van der Waals surface area contributed by atoms with Gasteiger partial charge in [0.1, 0.15) is 0 Å². The molecule has 0 aromatic carbocycles. The van der Waals surface area contributed by atoms with Gasteiger partial charge in [0.05, 0.1) is 11.4 Å². The van der Waals surface area contributed by atoms with Gasteiger partial charge in [-0.3, -0.25) is 9.97 Å². The van der Waals surface area contributed by atoms with Crippen LogP contribution >= 0.6 is 0 Å². The standard InChI is InChI=1S/C24H32N2.Os/c1-23(9-3-4-10-23)17-19-7-13-25-21(15-19)22-16-20(8-14-26-22)18-24(2)11-5-6-12-24;/h7-8,13-16H,3-6,9-12,17-18H2,1-2H3;. The van der Waals surface area contributed by atoms with Crippen LogP contribution < -0.4 is 0 Å². The van der Waals surface area contributed by atoms with E-state index in [-0.39, 0.29) is 19.8 Å². The Labute approximate surface area is 177 Å². The van der Waals surface area contributed by atoms with Gasteiger partial charge in [0.2, 0.25) is 0 Å². The van der Waals surface area contributed by atoms with Gasteiger partial charge in [0.25, 0.3) is 0 Å². The minimum Gasteiger partial charge on any atom is -0.255 e. The molecule has 146 valence electrons. The molecule has 0 unspecified atom stereocenters. The van der Waals surface area contributed by atoms with Gasteiger partial charge < -0.3 is 0 Å². The van der Waals surface area contributed by atoms with Gasteiger partial charge in [-0.1, -0.05) is 39.5 Å². The third-order valence-electron chi connectivity index (χ3n) is 6.79. The van der Waals surface area contributed by atoms with Gasteiger partial charge in [0, 0.05) is 32.2 Å². The van der Waals surface area contributed by atoms with Crippen LogP contribution in [0.15, 0.2) is 36.7 Å². The second-order valence-corrected chi connectivity index (χ2v) is 9.49. The monoisotopic (exact) mass is 540 g/mol. The Bertz CT molecular complexity index is 693. The summed E-state index contributed by atoms with van der Waals surface area (Å²) < 4.78 is 0. The molecule has 2 aromatic rings. The first-order chi connectivity index (χ1) is 12.5. The van der Waals surface area contributed by atoms with Crippen LogP contribution in [0.1, 0.15) is 76.3 Å². The van der Waals surface area contributed by atoms with E-state index in [4.69, 9.17) is 0 Å². The van der Waals surface area contributed by atoms with Crippen LogP contribution in [0.25, 0.3) is 11.4 Å². The first kappa shape index (κ1) is 20.7. The van der Waals surface area contributed by atoms with Crippen molar-refractivity contribution in [2.45, 2.75) is 78.1 Å². The Morgan fingerprint density at radius 2 is 1.07 bits per heavy atom. The normalized spacial score (nSPS) is 20.4. The molecule has 2 saturated carbocycles. The van der Waals surface area contributed by atoms with E-state index in [2.05, 4.69) is 48.1 Å². The fourth-order valence-electron chi connectivity index (χ4n) is 5.24. The summed E-state index contributed by atoms with van der Waals surface area (Å²) in [7, 11) is 0. The van der Waals surface area contributed by atoms with Crippen molar-refractivity contribution in [3.63, 3.8) is 0 Å². The zero-order valence-corrected chi connectivity index (χ0v) is 19.3. The van der Waals surface area contributed by atoms with Crippen LogP contribution in [-0.2, 0) is 32.6 Å². The number of pyridine rings is 2. The first-order valence-electron chi connectivity index (χ1n) is 10.4. The summed E-state index contributed by atoms with van der Waals surface area (Å²) in [4.78, 5) is 9.27. The molecule has 0 amide bonds. The molecule has 2 fully saturated rings. The van der Waals surface area contributed by atoms with E-state index in [1.807, 2.05) is 12.4 Å². The fraction of sp³-hybridized carbons (Fsp3) is 0.583. The summed E-state index contributed by atoms with van der Waals surface area (Å²) in [5, 5.41) is 0. The van der Waals surface area contributed by atoms with Crippen molar-refractivity contribution in [1.29, 1.82) is 0 Å². The topological polar surface area (TPSA) is 25.8 Å². The minimum atomic E-state index is 0. The molecule has 4 rings (SSSR count). The predicted octanol–water partition coefficient (Wildman–Crippen LogP) is 6.39. The van der Waals surface area contributed by atoms with Crippen molar-refractivity contribution in [2.75, 3.05) is 0 Å². The zero-order chi connectivity index (χ0) is 18.0. The zero-order valence-electron chi connectivity index (χ0n) is 16.8. The minimum absolute atomic E-state index is 0. The van der Waals surface area contributed by atoms with E-state index in [1.165, 1.54) is 75.3 Å². The molecule has 2 aromatic heterocycles. The number of aromatic nitrogens is 2. The Morgan fingerprint density at radius 1 is 0.704 bits per heavy atom. The van der Waals surface area contributed by atoms with Gasteiger partial charge >= 0.3 is 0 Å². The van der Waals surface area contributed by atoms with Crippen molar-refractivity contribution in [3.05, 3.63) is 47.8 Å². The molecule has 2 aliphatic carbocycles. The first-order valence-corrected chi connectivity index (χ1v) is 10.4. The Balaban J connectivity index is 0.00000210. The molecule has 0 bridgehead atoms. The van der Waals surface area contributed by atoms with Gasteiger partial charge in [-0.2, -0.15) is 0 Å². The van der Waals surface area contributed by atoms with Gasteiger partial charge in [-0.05, 0) is 84.7 Å². The van der Waals surface area contributed by atoms with Gasteiger partial charge in [-0.25, -0.2) is 0 Å².